The summed E-state index contributed by atoms with van der Waals surface area (Å²) < 4.78 is 6.14. The minimum atomic E-state index is -0.925. The second-order valence-electron chi connectivity index (χ2n) is 9.97. The lowest BCUT2D eigenvalue weighted by molar-refractivity contribution is -0.148. The highest BCUT2D eigenvalue weighted by Gasteiger charge is 2.37. The molecule has 2 heterocycles. The summed E-state index contributed by atoms with van der Waals surface area (Å²) in [5.74, 6) is -0.844. The van der Waals surface area contributed by atoms with Crippen molar-refractivity contribution in [2.45, 2.75) is 94.9 Å². The van der Waals surface area contributed by atoms with E-state index in [4.69, 9.17) is 15.9 Å². The van der Waals surface area contributed by atoms with E-state index in [-0.39, 0.29) is 36.5 Å². The molecule has 0 radical (unpaired) electrons. The van der Waals surface area contributed by atoms with Gasteiger partial charge in [0.2, 0.25) is 5.91 Å². The maximum Gasteiger partial charge on any atom is 0.305 e. The van der Waals surface area contributed by atoms with Crippen molar-refractivity contribution in [3.63, 3.8) is 0 Å². The minimum Gasteiger partial charge on any atom is -0.481 e. The summed E-state index contributed by atoms with van der Waals surface area (Å²) in [5, 5.41) is 17.1. The normalized spacial score (nSPS) is 23.6. The number of ether oxygens (including phenoxy) is 1. The van der Waals surface area contributed by atoms with E-state index in [2.05, 4.69) is 12.2 Å². The Balaban J connectivity index is 1.57. The SMILES string of the molecule is CN(C1CCC=CCC1)[C@@H](CC(=O)O)C(=O)N1CCCC[C@H]1CCOC1CCN(C(=N)N)CC1. The first-order valence-electron chi connectivity index (χ1n) is 13.0. The van der Waals surface area contributed by atoms with Crippen LogP contribution in [0.5, 0.6) is 0 Å². The first kappa shape index (κ1) is 26.5. The number of hydrogen-bond donors (Lipinski definition) is 3. The van der Waals surface area contributed by atoms with Gasteiger partial charge in [-0.1, -0.05) is 12.2 Å². The van der Waals surface area contributed by atoms with Crippen molar-refractivity contribution in [1.82, 2.24) is 14.7 Å². The molecule has 192 valence electrons. The number of allylic oxidation sites excluding steroid dienone is 2. The summed E-state index contributed by atoms with van der Waals surface area (Å²) in [6, 6.07) is -0.312. The summed E-state index contributed by atoms with van der Waals surface area (Å²) in [5.41, 5.74) is 5.57. The Hall–Kier alpha value is -2.13. The first-order chi connectivity index (χ1) is 16.4. The average Bonchev–Trinajstić information content (AvgIpc) is 3.12. The molecule has 0 aromatic rings. The third kappa shape index (κ3) is 7.43. The monoisotopic (exact) mass is 477 g/mol. The van der Waals surface area contributed by atoms with Crippen LogP contribution in [0.15, 0.2) is 12.2 Å². The highest BCUT2D eigenvalue weighted by atomic mass is 16.5. The number of nitrogens with zero attached hydrogens (tertiary/aromatic N) is 3. The first-order valence-corrected chi connectivity index (χ1v) is 13.0. The Morgan fingerprint density at radius 1 is 1.12 bits per heavy atom. The van der Waals surface area contributed by atoms with Crippen molar-refractivity contribution >= 4 is 17.8 Å². The van der Waals surface area contributed by atoms with E-state index in [1.165, 1.54) is 0 Å². The fourth-order valence-corrected chi connectivity index (χ4v) is 5.61. The molecule has 2 fully saturated rings. The van der Waals surface area contributed by atoms with Crippen LogP contribution < -0.4 is 5.73 Å². The van der Waals surface area contributed by atoms with Gasteiger partial charge in [-0.05, 0) is 71.3 Å². The molecule has 9 nitrogen and oxygen atoms in total. The fraction of sp³-hybridized carbons (Fsp3) is 0.800. The van der Waals surface area contributed by atoms with Gasteiger partial charge in [0.05, 0.1) is 18.6 Å². The van der Waals surface area contributed by atoms with Crippen LogP contribution >= 0.6 is 0 Å². The topological polar surface area (TPSA) is 123 Å². The molecule has 0 saturated carbocycles. The number of nitrogens with one attached hydrogen (secondary N) is 1. The van der Waals surface area contributed by atoms with Gasteiger partial charge in [-0.15, -0.1) is 0 Å². The molecule has 2 atom stereocenters. The molecule has 0 unspecified atom stereocenters. The number of aliphatic carboxylic acids is 1. The van der Waals surface area contributed by atoms with Gasteiger partial charge >= 0.3 is 5.97 Å². The van der Waals surface area contributed by atoms with Crippen LogP contribution in [0.2, 0.25) is 0 Å². The van der Waals surface area contributed by atoms with E-state index in [1.54, 1.807) is 0 Å². The zero-order valence-electron chi connectivity index (χ0n) is 20.7. The molecular formula is C25H43N5O4. The number of likely N-dealkylation sites (tertiary alicyclic amines) is 2. The van der Waals surface area contributed by atoms with Gasteiger partial charge in [0.15, 0.2) is 5.96 Å². The zero-order chi connectivity index (χ0) is 24.5. The van der Waals surface area contributed by atoms with Crippen LogP contribution in [0.3, 0.4) is 0 Å². The quantitative estimate of drug-likeness (QED) is 0.265. The van der Waals surface area contributed by atoms with Crippen LogP contribution in [-0.4, -0.2) is 95.2 Å². The Morgan fingerprint density at radius 2 is 1.79 bits per heavy atom. The van der Waals surface area contributed by atoms with Gasteiger partial charge in [0, 0.05) is 38.3 Å². The number of carboxylic acid groups (broad SMARTS) is 1. The van der Waals surface area contributed by atoms with Gasteiger partial charge in [-0.2, -0.15) is 0 Å². The lowest BCUT2D eigenvalue weighted by atomic mass is 9.96. The van der Waals surface area contributed by atoms with Gasteiger partial charge in [0.25, 0.3) is 0 Å². The van der Waals surface area contributed by atoms with Crippen LogP contribution in [0.25, 0.3) is 0 Å². The molecule has 3 aliphatic rings. The smallest absolute Gasteiger partial charge is 0.305 e. The summed E-state index contributed by atoms with van der Waals surface area (Å²) in [7, 11) is 1.93. The van der Waals surface area contributed by atoms with Crippen LogP contribution in [0.4, 0.5) is 0 Å². The molecule has 2 saturated heterocycles. The third-order valence-corrected chi connectivity index (χ3v) is 7.72. The lowest BCUT2D eigenvalue weighted by Crippen LogP contribution is -2.55. The van der Waals surface area contributed by atoms with Crippen LogP contribution in [-0.2, 0) is 14.3 Å². The minimum absolute atomic E-state index is 0.0402. The molecule has 9 heteroatoms. The van der Waals surface area contributed by atoms with E-state index >= 15 is 0 Å². The Labute approximate surface area is 203 Å². The molecule has 3 rings (SSSR count). The number of carbonyl (C=O) groups is 2. The number of hydrogen-bond acceptors (Lipinski definition) is 5. The summed E-state index contributed by atoms with van der Waals surface area (Å²) >= 11 is 0. The van der Waals surface area contributed by atoms with E-state index in [0.29, 0.717) is 13.2 Å². The van der Waals surface area contributed by atoms with Crippen molar-refractivity contribution < 1.29 is 19.4 Å². The third-order valence-electron chi connectivity index (χ3n) is 7.72. The van der Waals surface area contributed by atoms with Gasteiger partial charge < -0.3 is 25.4 Å². The molecule has 2 aliphatic heterocycles. The number of nitrogens with two attached hydrogens (primary N) is 1. The number of piperidine rings is 2. The molecule has 1 amide bonds. The highest BCUT2D eigenvalue weighted by molar-refractivity contribution is 5.86. The Kier molecular flexibility index (Phi) is 10.2. The largest absolute Gasteiger partial charge is 0.481 e. The van der Waals surface area contributed by atoms with E-state index in [0.717, 1.165) is 77.3 Å². The Bertz CT molecular complexity index is 712. The molecular weight excluding hydrogens is 434 g/mol. The predicted octanol–water partition coefficient (Wildman–Crippen LogP) is 2.41. The van der Waals surface area contributed by atoms with E-state index in [9.17, 15) is 14.7 Å². The average molecular weight is 478 g/mol. The molecule has 1 aliphatic carbocycles. The summed E-state index contributed by atoms with van der Waals surface area (Å²) in [4.78, 5) is 31.2. The van der Waals surface area contributed by atoms with Crippen LogP contribution in [0, 0.1) is 5.41 Å². The molecule has 0 spiro atoms. The summed E-state index contributed by atoms with van der Waals surface area (Å²) in [6.45, 7) is 2.77. The zero-order valence-corrected chi connectivity index (χ0v) is 20.7. The van der Waals surface area contributed by atoms with Gasteiger partial charge in [0.1, 0.15) is 0 Å². The maximum absolute atomic E-state index is 13.7. The van der Waals surface area contributed by atoms with Crippen molar-refractivity contribution in [2.75, 3.05) is 33.3 Å². The fourth-order valence-electron chi connectivity index (χ4n) is 5.61. The number of carbonyl (C=O) groups excluding carboxylic acids is 1. The van der Waals surface area contributed by atoms with E-state index < -0.39 is 12.0 Å². The standard InChI is InChI=1S/C25H43N5O4/c1-28(19-8-4-2-3-5-9-19)22(18-23(31)32)24(33)30-14-7-6-10-20(30)13-17-34-21-11-15-29(16-12-21)25(26)27/h2-3,19-22H,4-18H2,1H3,(H3,26,27)(H,31,32)/t20-,22-/m0/s1. The number of amides is 1. The second-order valence-corrected chi connectivity index (χ2v) is 9.97. The molecule has 0 aromatic heterocycles. The van der Waals surface area contributed by atoms with Crippen LogP contribution in [0.1, 0.15) is 70.6 Å². The van der Waals surface area contributed by atoms with Crippen molar-refractivity contribution in [1.29, 1.82) is 5.41 Å². The number of guanidine groups is 1. The Morgan fingerprint density at radius 3 is 2.41 bits per heavy atom. The molecule has 4 N–H and O–H groups in total. The molecule has 34 heavy (non-hydrogen) atoms. The number of rotatable bonds is 9. The van der Waals surface area contributed by atoms with Crippen molar-refractivity contribution in [3.8, 4) is 0 Å². The van der Waals surface area contributed by atoms with Gasteiger partial charge in [-0.3, -0.25) is 19.9 Å². The second kappa shape index (κ2) is 13.1. The summed E-state index contributed by atoms with van der Waals surface area (Å²) in [6.07, 6.45) is 13.7. The number of likely N-dealkylation sites (N-methyl/N-ethyl adjacent to an activating group) is 1. The molecule has 0 bridgehead atoms. The predicted molar refractivity (Wildman–Crippen MR) is 132 cm³/mol. The van der Waals surface area contributed by atoms with Crippen molar-refractivity contribution in [2.24, 2.45) is 5.73 Å². The maximum atomic E-state index is 13.7. The van der Waals surface area contributed by atoms with Crippen molar-refractivity contribution in [3.05, 3.63) is 12.2 Å². The highest BCUT2D eigenvalue weighted by Crippen LogP contribution is 2.26. The van der Waals surface area contributed by atoms with Gasteiger partial charge in [-0.25, -0.2) is 0 Å². The molecule has 0 aromatic carbocycles. The lowest BCUT2D eigenvalue weighted by Gasteiger charge is -2.41. The number of carboxylic acids is 1. The van der Waals surface area contributed by atoms with E-state index in [1.807, 2.05) is 21.7 Å².